The Morgan fingerprint density at radius 1 is 1.09 bits per heavy atom. The molecule has 4 heteroatoms. The quantitative estimate of drug-likeness (QED) is 0.500. The Bertz CT molecular complexity index is 690. The minimum Gasteiger partial charge on any atom is -0.331 e. The van der Waals surface area contributed by atoms with E-state index in [9.17, 15) is 0 Å². The summed E-state index contributed by atoms with van der Waals surface area (Å²) in [5.74, 6) is 0. The van der Waals surface area contributed by atoms with E-state index in [0.29, 0.717) is 5.11 Å². The van der Waals surface area contributed by atoms with Gasteiger partial charge in [0.25, 0.3) is 0 Å². The smallest absolute Gasteiger partial charge is 0.191 e. The molecule has 0 atom stereocenters. The molecule has 0 aliphatic carbocycles. The summed E-state index contributed by atoms with van der Waals surface area (Å²) in [5.41, 5.74) is 7.13. The van der Waals surface area contributed by atoms with Gasteiger partial charge in [-0.3, -0.25) is 5.43 Å². The number of hydrogen-bond acceptors (Lipinski definition) is 2. The van der Waals surface area contributed by atoms with E-state index in [1.54, 1.807) is 6.21 Å². The van der Waals surface area contributed by atoms with Crippen molar-refractivity contribution in [2.24, 2.45) is 5.10 Å². The molecule has 2 aromatic rings. The molecular weight excluding hydrogens is 290 g/mol. The number of hydrogen-bond donors (Lipinski definition) is 2. The molecule has 2 N–H and O–H groups in total. The molecule has 0 aliphatic rings. The Balaban J connectivity index is 1.86. The summed E-state index contributed by atoms with van der Waals surface area (Å²) in [6, 6.07) is 18.1. The standard InChI is InChI=1S/C18H19N3S/c1-14-7-6-10-17(12-14)20-18(22)21-19-13-15(2)11-16-8-4-3-5-9-16/h3-13H,1-2H3,(H2,20,21,22). The normalized spacial score (nSPS) is 11.5. The van der Waals surface area contributed by atoms with E-state index >= 15 is 0 Å². The van der Waals surface area contributed by atoms with Gasteiger partial charge in [-0.05, 0) is 54.9 Å². The number of nitrogens with one attached hydrogen (secondary N) is 2. The summed E-state index contributed by atoms with van der Waals surface area (Å²) < 4.78 is 0. The van der Waals surface area contributed by atoms with Crippen LogP contribution >= 0.6 is 12.2 Å². The summed E-state index contributed by atoms with van der Waals surface area (Å²) in [5, 5.41) is 7.70. The molecule has 0 saturated heterocycles. The lowest BCUT2D eigenvalue weighted by Gasteiger charge is -2.07. The predicted molar refractivity (Wildman–Crippen MR) is 99.1 cm³/mol. The van der Waals surface area contributed by atoms with E-state index in [-0.39, 0.29) is 0 Å². The van der Waals surface area contributed by atoms with Gasteiger partial charge in [0.2, 0.25) is 0 Å². The van der Waals surface area contributed by atoms with Gasteiger partial charge in [0.15, 0.2) is 5.11 Å². The third-order valence-electron chi connectivity index (χ3n) is 2.90. The van der Waals surface area contributed by atoms with Crippen LogP contribution in [0.5, 0.6) is 0 Å². The van der Waals surface area contributed by atoms with E-state index in [0.717, 1.165) is 16.8 Å². The predicted octanol–water partition coefficient (Wildman–Crippen LogP) is 4.37. The van der Waals surface area contributed by atoms with Crippen LogP contribution in [0.1, 0.15) is 18.1 Å². The van der Waals surface area contributed by atoms with Gasteiger partial charge in [-0.2, -0.15) is 5.10 Å². The van der Waals surface area contributed by atoms with Crippen molar-refractivity contribution >= 4 is 35.3 Å². The zero-order valence-electron chi connectivity index (χ0n) is 12.7. The van der Waals surface area contributed by atoms with Gasteiger partial charge >= 0.3 is 0 Å². The fourth-order valence-electron chi connectivity index (χ4n) is 1.92. The van der Waals surface area contributed by atoms with Crippen LogP contribution in [0.2, 0.25) is 0 Å². The van der Waals surface area contributed by atoms with Gasteiger partial charge < -0.3 is 5.32 Å². The van der Waals surface area contributed by atoms with Crippen molar-refractivity contribution in [3.63, 3.8) is 0 Å². The Hall–Kier alpha value is -2.46. The van der Waals surface area contributed by atoms with Gasteiger partial charge in [-0.25, -0.2) is 0 Å². The highest BCUT2D eigenvalue weighted by Crippen LogP contribution is 2.09. The zero-order chi connectivity index (χ0) is 15.8. The van der Waals surface area contributed by atoms with Gasteiger partial charge in [0, 0.05) is 5.69 Å². The number of benzene rings is 2. The Morgan fingerprint density at radius 2 is 1.86 bits per heavy atom. The first-order valence-corrected chi connectivity index (χ1v) is 7.44. The Morgan fingerprint density at radius 3 is 2.59 bits per heavy atom. The van der Waals surface area contributed by atoms with Gasteiger partial charge in [-0.1, -0.05) is 48.5 Å². The Kier molecular flexibility index (Phi) is 5.86. The second-order valence-corrected chi connectivity index (χ2v) is 5.40. The van der Waals surface area contributed by atoms with Crippen LogP contribution in [0, 0.1) is 6.92 Å². The second-order valence-electron chi connectivity index (χ2n) is 4.99. The number of nitrogens with zero attached hydrogens (tertiary/aromatic N) is 1. The molecule has 0 spiro atoms. The lowest BCUT2D eigenvalue weighted by atomic mass is 10.1. The molecule has 0 unspecified atom stereocenters. The average Bonchev–Trinajstić information content (AvgIpc) is 2.48. The Labute approximate surface area is 136 Å². The number of hydrazone groups is 1. The van der Waals surface area contributed by atoms with Crippen molar-refractivity contribution in [3.8, 4) is 0 Å². The maximum absolute atomic E-state index is 5.21. The van der Waals surface area contributed by atoms with Gasteiger partial charge in [0.05, 0.1) is 6.21 Å². The highest BCUT2D eigenvalue weighted by atomic mass is 32.1. The fourth-order valence-corrected chi connectivity index (χ4v) is 2.09. The molecule has 2 rings (SSSR count). The second kappa shape index (κ2) is 8.10. The van der Waals surface area contributed by atoms with E-state index in [1.165, 1.54) is 5.56 Å². The van der Waals surface area contributed by atoms with E-state index in [2.05, 4.69) is 34.1 Å². The molecular formula is C18H19N3S. The van der Waals surface area contributed by atoms with Crippen molar-refractivity contribution in [3.05, 3.63) is 71.3 Å². The molecule has 2 aromatic carbocycles. The van der Waals surface area contributed by atoms with Crippen molar-refractivity contribution in [1.29, 1.82) is 0 Å². The van der Waals surface area contributed by atoms with Crippen LogP contribution in [0.15, 0.2) is 65.3 Å². The SMILES string of the molecule is CC(C=NNC(=S)Nc1cccc(C)c1)=Cc1ccccc1. The van der Waals surface area contributed by atoms with Crippen LogP contribution < -0.4 is 10.7 Å². The molecule has 0 amide bonds. The molecule has 112 valence electrons. The third kappa shape index (κ3) is 5.50. The molecule has 3 nitrogen and oxygen atoms in total. The average molecular weight is 309 g/mol. The number of rotatable bonds is 4. The minimum atomic E-state index is 0.467. The maximum atomic E-state index is 5.21. The fraction of sp³-hybridized carbons (Fsp3) is 0.111. The van der Waals surface area contributed by atoms with Crippen molar-refractivity contribution in [1.82, 2.24) is 5.43 Å². The number of anilines is 1. The van der Waals surface area contributed by atoms with Crippen molar-refractivity contribution in [2.45, 2.75) is 13.8 Å². The summed E-state index contributed by atoms with van der Waals surface area (Å²) in [4.78, 5) is 0. The summed E-state index contributed by atoms with van der Waals surface area (Å²) >= 11 is 5.21. The van der Waals surface area contributed by atoms with Crippen LogP contribution in [0.4, 0.5) is 5.69 Å². The number of thiocarbonyl (C=S) groups is 1. The maximum Gasteiger partial charge on any atom is 0.191 e. The molecule has 0 aromatic heterocycles. The molecule has 0 radical (unpaired) electrons. The lowest BCUT2D eigenvalue weighted by molar-refractivity contribution is 1.05. The van der Waals surface area contributed by atoms with Crippen LogP contribution in [0.25, 0.3) is 6.08 Å². The molecule has 0 heterocycles. The number of allylic oxidation sites excluding steroid dienone is 1. The minimum absolute atomic E-state index is 0.467. The van der Waals surface area contributed by atoms with E-state index in [4.69, 9.17) is 12.2 Å². The van der Waals surface area contributed by atoms with Crippen LogP contribution in [-0.4, -0.2) is 11.3 Å². The largest absolute Gasteiger partial charge is 0.331 e. The molecule has 0 bridgehead atoms. The zero-order valence-corrected chi connectivity index (χ0v) is 13.5. The van der Waals surface area contributed by atoms with Crippen LogP contribution in [0.3, 0.4) is 0 Å². The van der Waals surface area contributed by atoms with Crippen molar-refractivity contribution < 1.29 is 0 Å². The molecule has 22 heavy (non-hydrogen) atoms. The van der Waals surface area contributed by atoms with E-state index in [1.807, 2.05) is 56.3 Å². The van der Waals surface area contributed by atoms with Crippen LogP contribution in [-0.2, 0) is 0 Å². The highest BCUT2D eigenvalue weighted by molar-refractivity contribution is 7.80. The van der Waals surface area contributed by atoms with E-state index < -0.39 is 0 Å². The summed E-state index contributed by atoms with van der Waals surface area (Å²) in [7, 11) is 0. The van der Waals surface area contributed by atoms with Gasteiger partial charge in [-0.15, -0.1) is 0 Å². The summed E-state index contributed by atoms with van der Waals surface area (Å²) in [6.07, 6.45) is 3.80. The topological polar surface area (TPSA) is 36.4 Å². The van der Waals surface area contributed by atoms with Gasteiger partial charge in [0.1, 0.15) is 0 Å². The first kappa shape index (κ1) is 15.9. The molecule has 0 fully saturated rings. The third-order valence-corrected chi connectivity index (χ3v) is 3.10. The molecule has 0 aliphatic heterocycles. The first-order chi connectivity index (χ1) is 10.6. The number of aryl methyl sites for hydroxylation is 1. The molecule has 0 saturated carbocycles. The lowest BCUT2D eigenvalue weighted by Crippen LogP contribution is -2.23. The monoisotopic (exact) mass is 309 g/mol. The highest BCUT2D eigenvalue weighted by Gasteiger charge is 1.95. The first-order valence-electron chi connectivity index (χ1n) is 7.03. The van der Waals surface area contributed by atoms with Crippen molar-refractivity contribution in [2.75, 3.05) is 5.32 Å². The summed E-state index contributed by atoms with van der Waals surface area (Å²) in [6.45, 7) is 4.03.